The maximum atomic E-state index is 10.8. The average Bonchev–Trinajstić information content (AvgIpc) is 2.46. The molecule has 1 unspecified atom stereocenters. The van der Waals surface area contributed by atoms with Gasteiger partial charge in [0.2, 0.25) is 0 Å². The van der Waals surface area contributed by atoms with Gasteiger partial charge in [-0.15, -0.1) is 0 Å². The number of allylic oxidation sites excluding steroid dienone is 4. The van der Waals surface area contributed by atoms with Crippen molar-refractivity contribution in [3.05, 3.63) is 44.3 Å². The predicted octanol–water partition coefficient (Wildman–Crippen LogP) is 1.57. The third kappa shape index (κ3) is 17.1. The molecule has 0 N–H and O–H groups in total. The van der Waals surface area contributed by atoms with Crippen molar-refractivity contribution in [1.29, 1.82) is 0 Å². The van der Waals surface area contributed by atoms with Crippen LogP contribution in [0, 0.1) is 25.9 Å². The van der Waals surface area contributed by atoms with Crippen LogP contribution in [0.3, 0.4) is 0 Å². The Bertz CT molecular complexity index is 287. The van der Waals surface area contributed by atoms with Crippen molar-refractivity contribution in [3.63, 3.8) is 0 Å². The first-order valence-electron chi connectivity index (χ1n) is 4.34. The molecule has 0 saturated heterocycles. The van der Waals surface area contributed by atoms with Gasteiger partial charge in [0.05, 0.1) is 13.5 Å². The van der Waals surface area contributed by atoms with Gasteiger partial charge in [-0.05, 0) is 12.3 Å². The topological polar surface area (TPSA) is 86.0 Å². The molecule has 0 aromatic rings. The second kappa shape index (κ2) is 24.8. The smallest absolute Gasteiger partial charge is 0 e. The van der Waals surface area contributed by atoms with Gasteiger partial charge in [0.1, 0.15) is 0 Å². The van der Waals surface area contributed by atoms with E-state index < -0.39 is 0 Å². The van der Waals surface area contributed by atoms with Gasteiger partial charge in [-0.3, -0.25) is 4.79 Å². The minimum absolute atomic E-state index is 0. The second-order valence-electron chi connectivity index (χ2n) is 2.59. The van der Waals surface area contributed by atoms with Gasteiger partial charge in [0.25, 0.3) is 0 Å². The predicted molar refractivity (Wildman–Crippen MR) is 54.8 cm³/mol. The zero-order chi connectivity index (χ0) is 14.1. The van der Waals surface area contributed by atoms with Crippen molar-refractivity contribution in [2.75, 3.05) is 7.11 Å². The normalized spacial score (nSPS) is 13.6. The molecule has 0 aliphatic heterocycles. The summed E-state index contributed by atoms with van der Waals surface area (Å²) < 4.78 is 27.1. The van der Waals surface area contributed by atoms with E-state index in [-0.39, 0.29) is 23.0 Å². The van der Waals surface area contributed by atoms with Crippen molar-refractivity contribution in [1.82, 2.24) is 0 Å². The molecule has 0 radical (unpaired) electrons. The standard InChI is InChI=1S/C9H12O2.3CO.Fe/c1-11-9(10)7-8-5-3-2-4-6-8;3*1-2;/h2-5,8H,6-7H2,1H3;;;;. The molecule has 6 heteroatoms. The van der Waals surface area contributed by atoms with Crippen LogP contribution < -0.4 is 0 Å². The van der Waals surface area contributed by atoms with Gasteiger partial charge in [0, 0.05) is 17.1 Å². The van der Waals surface area contributed by atoms with Crippen LogP contribution >= 0.6 is 0 Å². The summed E-state index contributed by atoms with van der Waals surface area (Å²) in [6, 6.07) is 0. The summed E-state index contributed by atoms with van der Waals surface area (Å²) in [5, 5.41) is 0. The van der Waals surface area contributed by atoms with Crippen LogP contribution in [0.2, 0.25) is 0 Å². The Morgan fingerprint density at radius 2 is 1.72 bits per heavy atom. The van der Waals surface area contributed by atoms with E-state index in [1.807, 2.05) is 18.2 Å². The maximum Gasteiger partial charge on any atom is 0 e. The minimum atomic E-state index is -0.130. The number of ether oxygens (including phenoxy) is 1. The van der Waals surface area contributed by atoms with E-state index in [4.69, 9.17) is 14.0 Å². The number of carbonyl (C=O) groups is 1. The monoisotopic (exact) mass is 292 g/mol. The Labute approximate surface area is 117 Å². The summed E-state index contributed by atoms with van der Waals surface area (Å²) in [6.07, 6.45) is 9.51. The Balaban J connectivity index is -0.000000123. The number of carbonyl (C=O) groups excluding carboxylic acids is 1. The van der Waals surface area contributed by atoms with Crippen molar-refractivity contribution >= 4 is 5.97 Å². The summed E-state index contributed by atoms with van der Waals surface area (Å²) in [7, 11) is 1.42. The summed E-state index contributed by atoms with van der Waals surface area (Å²) in [5.41, 5.74) is 0. The first-order valence-corrected chi connectivity index (χ1v) is 4.34. The molecule has 0 aromatic carbocycles. The quantitative estimate of drug-likeness (QED) is 0.335. The van der Waals surface area contributed by atoms with Crippen molar-refractivity contribution in [2.45, 2.75) is 12.8 Å². The first kappa shape index (κ1) is 25.5. The van der Waals surface area contributed by atoms with Gasteiger partial charge in [0.15, 0.2) is 0 Å². The molecule has 0 spiro atoms. The van der Waals surface area contributed by atoms with Gasteiger partial charge < -0.3 is 4.74 Å². The molecule has 18 heavy (non-hydrogen) atoms. The zero-order valence-electron chi connectivity index (χ0n) is 9.70. The fourth-order valence-corrected chi connectivity index (χ4v) is 1.08. The molecule has 1 rings (SSSR count). The largest absolute Gasteiger partial charge is 0 e. The Hall–Kier alpha value is -1.31. The maximum absolute atomic E-state index is 10.8. The minimum Gasteiger partial charge on any atom is 0 e. The number of hydrogen-bond acceptors (Lipinski definition) is 2. The summed E-state index contributed by atoms with van der Waals surface area (Å²) >= 11 is 0. The van der Waals surface area contributed by atoms with E-state index in [1.165, 1.54) is 7.11 Å². The number of rotatable bonds is 2. The van der Waals surface area contributed by atoms with Gasteiger partial charge in [-0.2, -0.15) is 0 Å². The van der Waals surface area contributed by atoms with E-state index >= 15 is 0 Å². The van der Waals surface area contributed by atoms with Crippen LogP contribution in [0.15, 0.2) is 24.3 Å². The third-order valence-electron chi connectivity index (χ3n) is 1.73. The molecular formula is C12H12FeO5. The summed E-state index contributed by atoms with van der Waals surface area (Å²) in [5.74, 6) is 0.211. The van der Waals surface area contributed by atoms with Crippen LogP contribution in [0.1, 0.15) is 12.8 Å². The SMILES string of the molecule is COC(=O)CC1C=CC=CC1.[C-]#[O+].[C-]#[O+].[C-]#[O+].[Fe]. The molecule has 0 fully saturated rings. The Kier molecular flexibility index (Phi) is 35.1. The third-order valence-corrected chi connectivity index (χ3v) is 1.73. The van der Waals surface area contributed by atoms with Crippen LogP contribution in [-0.4, -0.2) is 13.1 Å². The van der Waals surface area contributed by atoms with E-state index in [0.717, 1.165) is 6.42 Å². The molecule has 0 bridgehead atoms. The van der Waals surface area contributed by atoms with Gasteiger partial charge in [-0.1, -0.05) is 24.3 Å². The van der Waals surface area contributed by atoms with E-state index in [0.29, 0.717) is 12.3 Å². The fraction of sp³-hybridized carbons (Fsp3) is 0.333. The number of esters is 1. The molecule has 0 heterocycles. The molecular weight excluding hydrogens is 280 g/mol. The van der Waals surface area contributed by atoms with Gasteiger partial charge in [-0.25, -0.2) is 0 Å². The molecule has 0 amide bonds. The van der Waals surface area contributed by atoms with Crippen LogP contribution in [0.4, 0.5) is 0 Å². The molecule has 1 aliphatic carbocycles. The molecule has 0 saturated carbocycles. The molecule has 0 aromatic heterocycles. The first-order chi connectivity index (χ1) is 8.33. The van der Waals surface area contributed by atoms with Crippen molar-refractivity contribution in [2.24, 2.45) is 5.92 Å². The fourth-order valence-electron chi connectivity index (χ4n) is 1.08. The zero-order valence-corrected chi connectivity index (χ0v) is 10.8. The number of hydrogen-bond donors (Lipinski definition) is 0. The van der Waals surface area contributed by atoms with E-state index in [1.54, 1.807) is 0 Å². The molecule has 5 nitrogen and oxygen atoms in total. The summed E-state index contributed by atoms with van der Waals surface area (Å²) in [6.45, 7) is 13.5. The second-order valence-corrected chi connectivity index (χ2v) is 2.59. The van der Waals surface area contributed by atoms with E-state index in [2.05, 4.69) is 30.8 Å². The molecule has 1 aliphatic rings. The van der Waals surface area contributed by atoms with Crippen LogP contribution in [-0.2, 0) is 40.6 Å². The Morgan fingerprint density at radius 1 is 1.22 bits per heavy atom. The molecule has 1 atom stereocenters. The van der Waals surface area contributed by atoms with Gasteiger partial charge >= 0.3 is 39.9 Å². The molecule has 98 valence electrons. The van der Waals surface area contributed by atoms with E-state index in [9.17, 15) is 4.79 Å². The van der Waals surface area contributed by atoms with Crippen LogP contribution in [0.25, 0.3) is 0 Å². The van der Waals surface area contributed by atoms with Crippen LogP contribution in [0.5, 0.6) is 0 Å². The average molecular weight is 292 g/mol. The number of methoxy groups -OCH3 is 1. The van der Waals surface area contributed by atoms with Crippen molar-refractivity contribution in [3.8, 4) is 0 Å². The van der Waals surface area contributed by atoms with Crippen molar-refractivity contribution < 1.29 is 40.6 Å². The Morgan fingerprint density at radius 3 is 2.06 bits per heavy atom. The summed E-state index contributed by atoms with van der Waals surface area (Å²) in [4.78, 5) is 10.8.